The van der Waals surface area contributed by atoms with E-state index in [-0.39, 0.29) is 23.5 Å². The summed E-state index contributed by atoms with van der Waals surface area (Å²) in [5.41, 5.74) is 4.41. The summed E-state index contributed by atoms with van der Waals surface area (Å²) in [7, 11) is -3.84. The zero-order chi connectivity index (χ0) is 21.7. The van der Waals surface area contributed by atoms with Crippen LogP contribution in [-0.4, -0.2) is 23.8 Å². The molecule has 30 heavy (non-hydrogen) atoms. The minimum Gasteiger partial charge on any atom is -0.288 e. The number of benzene rings is 3. The predicted molar refractivity (Wildman–Crippen MR) is 115 cm³/mol. The Bertz CT molecular complexity index is 1150. The molecule has 3 aromatic rings. The molecule has 0 aliphatic heterocycles. The summed E-state index contributed by atoms with van der Waals surface area (Å²) < 4.78 is 28.2. The lowest BCUT2D eigenvalue weighted by Crippen LogP contribution is -2.30. The van der Waals surface area contributed by atoms with E-state index in [0.29, 0.717) is 10.6 Å². The Hall–Kier alpha value is -2.71. The Kier molecular flexibility index (Phi) is 6.89. The molecule has 0 bridgehead atoms. The van der Waals surface area contributed by atoms with E-state index < -0.39 is 15.9 Å². The van der Waals surface area contributed by atoms with Crippen molar-refractivity contribution in [1.29, 1.82) is 0 Å². The number of nitrogens with one attached hydrogen (secondary N) is 1. The van der Waals surface area contributed by atoms with Gasteiger partial charge in [0.25, 0.3) is 5.91 Å². The molecule has 6 nitrogen and oxygen atoms in total. The van der Waals surface area contributed by atoms with Gasteiger partial charge in [-0.25, -0.2) is 13.9 Å². The molecule has 0 aromatic heterocycles. The molecule has 0 saturated heterocycles. The molecular weight excluding hydrogens is 424 g/mol. The Morgan fingerprint density at radius 2 is 1.70 bits per heavy atom. The number of halogens is 1. The van der Waals surface area contributed by atoms with E-state index >= 15 is 0 Å². The summed E-state index contributed by atoms with van der Waals surface area (Å²) in [6, 6.07) is 20.1. The Labute approximate surface area is 180 Å². The van der Waals surface area contributed by atoms with Gasteiger partial charge in [0, 0.05) is 23.7 Å². The highest BCUT2D eigenvalue weighted by molar-refractivity contribution is 7.89. The van der Waals surface area contributed by atoms with Gasteiger partial charge in [0.15, 0.2) is 0 Å². The molecule has 0 fully saturated rings. The van der Waals surface area contributed by atoms with Crippen LogP contribution in [0.5, 0.6) is 0 Å². The molecule has 0 unspecified atom stereocenters. The van der Waals surface area contributed by atoms with Crippen LogP contribution >= 0.6 is 11.6 Å². The summed E-state index contributed by atoms with van der Waals surface area (Å²) in [6.45, 7) is 2.21. The molecule has 3 rings (SSSR count). The standard InChI is InChI=1S/C22H21ClN2O4S/c1-16-5-2-3-6-19(16)15-25(30(28,29)21-8-4-7-20(23)13-21)14-17-9-11-18(12-10-17)22(26)24-27/h2-13,27H,14-15H2,1H3,(H,24,26). The quantitative estimate of drug-likeness (QED) is 0.423. The molecule has 0 saturated carbocycles. The third-order valence-electron chi connectivity index (χ3n) is 4.72. The summed E-state index contributed by atoms with van der Waals surface area (Å²) in [4.78, 5) is 11.6. The van der Waals surface area contributed by atoms with Crippen molar-refractivity contribution in [2.45, 2.75) is 24.9 Å². The van der Waals surface area contributed by atoms with Crippen LogP contribution in [0.2, 0.25) is 5.02 Å². The molecule has 0 spiro atoms. The average Bonchev–Trinajstić information content (AvgIpc) is 2.74. The van der Waals surface area contributed by atoms with Gasteiger partial charge in [-0.3, -0.25) is 10.0 Å². The number of aryl methyl sites for hydroxylation is 1. The van der Waals surface area contributed by atoms with E-state index in [1.807, 2.05) is 31.2 Å². The summed E-state index contributed by atoms with van der Waals surface area (Å²) >= 11 is 6.02. The minimum atomic E-state index is -3.84. The largest absolute Gasteiger partial charge is 0.288 e. The number of sulfonamides is 1. The summed E-state index contributed by atoms with van der Waals surface area (Å²) in [5, 5.41) is 9.09. The fourth-order valence-corrected chi connectivity index (χ4v) is 4.72. The summed E-state index contributed by atoms with van der Waals surface area (Å²) in [6.07, 6.45) is 0. The fraction of sp³-hybridized carbons (Fsp3) is 0.136. The SMILES string of the molecule is Cc1ccccc1CN(Cc1ccc(C(=O)NO)cc1)S(=O)(=O)c1cccc(Cl)c1. The maximum absolute atomic E-state index is 13.4. The predicted octanol–water partition coefficient (Wildman–Crippen LogP) is 4.16. The van der Waals surface area contributed by atoms with Crippen LogP contribution in [0.15, 0.2) is 77.7 Å². The third-order valence-corrected chi connectivity index (χ3v) is 6.74. The maximum atomic E-state index is 13.4. The second kappa shape index (κ2) is 9.40. The van der Waals surface area contributed by atoms with Gasteiger partial charge in [-0.15, -0.1) is 0 Å². The monoisotopic (exact) mass is 444 g/mol. The van der Waals surface area contributed by atoms with Gasteiger partial charge < -0.3 is 0 Å². The van der Waals surface area contributed by atoms with Crippen molar-refractivity contribution in [3.63, 3.8) is 0 Å². The van der Waals surface area contributed by atoms with Crippen LogP contribution < -0.4 is 5.48 Å². The lowest BCUT2D eigenvalue weighted by Gasteiger charge is -2.23. The van der Waals surface area contributed by atoms with Gasteiger partial charge in [0.1, 0.15) is 0 Å². The lowest BCUT2D eigenvalue weighted by atomic mass is 10.1. The first kappa shape index (κ1) is 22.0. The number of hydrogen-bond acceptors (Lipinski definition) is 4. The van der Waals surface area contributed by atoms with E-state index in [1.165, 1.54) is 28.6 Å². The number of rotatable bonds is 7. The van der Waals surface area contributed by atoms with Gasteiger partial charge >= 0.3 is 0 Å². The third kappa shape index (κ3) is 5.06. The number of carbonyl (C=O) groups is 1. The number of hydrogen-bond donors (Lipinski definition) is 2. The second-order valence-electron chi connectivity index (χ2n) is 6.79. The number of carbonyl (C=O) groups excluding carboxylic acids is 1. The molecule has 0 atom stereocenters. The highest BCUT2D eigenvalue weighted by Crippen LogP contribution is 2.24. The van der Waals surface area contributed by atoms with Gasteiger partial charge in [0.05, 0.1) is 4.90 Å². The molecule has 0 heterocycles. The normalized spacial score (nSPS) is 11.5. The summed E-state index contributed by atoms with van der Waals surface area (Å²) in [5.74, 6) is -0.634. The molecule has 156 valence electrons. The number of amides is 1. The molecule has 0 radical (unpaired) electrons. The molecular formula is C22H21ClN2O4S. The number of hydroxylamine groups is 1. The first-order valence-corrected chi connectivity index (χ1v) is 11.0. The topological polar surface area (TPSA) is 86.7 Å². The van der Waals surface area contributed by atoms with Crippen molar-refractivity contribution in [3.05, 3.63) is 100 Å². The highest BCUT2D eigenvalue weighted by atomic mass is 35.5. The van der Waals surface area contributed by atoms with E-state index in [2.05, 4.69) is 0 Å². The molecule has 1 amide bonds. The van der Waals surface area contributed by atoms with Crippen LogP contribution in [0.4, 0.5) is 0 Å². The fourth-order valence-electron chi connectivity index (χ4n) is 3.01. The maximum Gasteiger partial charge on any atom is 0.274 e. The number of nitrogens with zero attached hydrogens (tertiary/aromatic N) is 1. The smallest absolute Gasteiger partial charge is 0.274 e. The van der Waals surface area contributed by atoms with Crippen LogP contribution in [-0.2, 0) is 23.1 Å². The van der Waals surface area contributed by atoms with E-state index in [4.69, 9.17) is 16.8 Å². The molecule has 8 heteroatoms. The van der Waals surface area contributed by atoms with Gasteiger partial charge in [-0.2, -0.15) is 4.31 Å². The van der Waals surface area contributed by atoms with Crippen molar-refractivity contribution in [2.24, 2.45) is 0 Å². The van der Waals surface area contributed by atoms with Gasteiger partial charge in [-0.05, 0) is 53.9 Å². The van der Waals surface area contributed by atoms with Crippen LogP contribution in [0.25, 0.3) is 0 Å². The molecule has 2 N–H and O–H groups in total. The highest BCUT2D eigenvalue weighted by Gasteiger charge is 2.25. The van der Waals surface area contributed by atoms with Crippen molar-refractivity contribution in [1.82, 2.24) is 9.79 Å². The van der Waals surface area contributed by atoms with Crippen LogP contribution in [0.3, 0.4) is 0 Å². The zero-order valence-corrected chi connectivity index (χ0v) is 17.8. The zero-order valence-electron chi connectivity index (χ0n) is 16.2. The first-order valence-electron chi connectivity index (χ1n) is 9.15. The lowest BCUT2D eigenvalue weighted by molar-refractivity contribution is 0.0706. The Morgan fingerprint density at radius 3 is 2.33 bits per heavy atom. The van der Waals surface area contributed by atoms with E-state index in [1.54, 1.807) is 29.7 Å². The van der Waals surface area contributed by atoms with E-state index in [9.17, 15) is 13.2 Å². The molecule has 0 aliphatic rings. The van der Waals surface area contributed by atoms with Crippen molar-refractivity contribution in [2.75, 3.05) is 0 Å². The van der Waals surface area contributed by atoms with E-state index in [0.717, 1.165) is 11.1 Å². The molecule has 0 aliphatic carbocycles. The van der Waals surface area contributed by atoms with Crippen LogP contribution in [0, 0.1) is 6.92 Å². The van der Waals surface area contributed by atoms with Crippen molar-refractivity contribution in [3.8, 4) is 0 Å². The van der Waals surface area contributed by atoms with Gasteiger partial charge in [0.2, 0.25) is 10.0 Å². The van der Waals surface area contributed by atoms with Crippen molar-refractivity contribution < 1.29 is 18.4 Å². The minimum absolute atomic E-state index is 0.101. The first-order chi connectivity index (χ1) is 14.3. The molecule has 3 aromatic carbocycles. The average molecular weight is 445 g/mol. The Morgan fingerprint density at radius 1 is 1.00 bits per heavy atom. The Balaban J connectivity index is 1.97. The van der Waals surface area contributed by atoms with Crippen molar-refractivity contribution >= 4 is 27.5 Å². The van der Waals surface area contributed by atoms with Crippen LogP contribution in [0.1, 0.15) is 27.0 Å². The van der Waals surface area contributed by atoms with Gasteiger partial charge in [-0.1, -0.05) is 54.1 Å². The second-order valence-corrected chi connectivity index (χ2v) is 9.17.